The van der Waals surface area contributed by atoms with Crippen LogP contribution in [0, 0.1) is 11.6 Å². The van der Waals surface area contributed by atoms with Crippen molar-refractivity contribution in [2.75, 3.05) is 18.0 Å². The quantitative estimate of drug-likeness (QED) is 0.368. The number of hydrogen-bond acceptors (Lipinski definition) is 7. The molecule has 7 nitrogen and oxygen atoms in total. The molecule has 1 aliphatic rings. The highest BCUT2D eigenvalue weighted by Crippen LogP contribution is 2.36. The van der Waals surface area contributed by atoms with Crippen molar-refractivity contribution >= 4 is 23.0 Å². The lowest BCUT2D eigenvalue weighted by molar-refractivity contribution is 0.112. The molecule has 0 unspecified atom stereocenters. The van der Waals surface area contributed by atoms with Gasteiger partial charge in [-0.3, -0.25) is 4.79 Å². The molecular weight excluding hydrogens is 440 g/mol. The Hall–Kier alpha value is -3.75. The summed E-state index contributed by atoms with van der Waals surface area (Å²) in [5.41, 5.74) is 1.44. The van der Waals surface area contributed by atoms with Crippen molar-refractivity contribution in [2.45, 2.75) is 38.5 Å². The van der Waals surface area contributed by atoms with Crippen molar-refractivity contribution in [3.63, 3.8) is 0 Å². The van der Waals surface area contributed by atoms with Gasteiger partial charge >= 0.3 is 0 Å². The Kier molecular flexibility index (Phi) is 6.00. The number of aldehydes is 1. The summed E-state index contributed by atoms with van der Waals surface area (Å²) >= 11 is 0. The Morgan fingerprint density at radius 3 is 2.68 bits per heavy atom. The number of nitrogens with zero attached hydrogens (tertiary/aromatic N) is 5. The summed E-state index contributed by atoms with van der Waals surface area (Å²) in [5, 5.41) is 4.34. The fourth-order valence-corrected chi connectivity index (χ4v) is 4.48. The molecule has 5 rings (SSSR count). The van der Waals surface area contributed by atoms with Gasteiger partial charge in [0, 0.05) is 31.0 Å². The molecule has 1 aliphatic heterocycles. The molecule has 0 saturated carbocycles. The van der Waals surface area contributed by atoms with Crippen LogP contribution in [0.15, 0.2) is 41.2 Å². The number of halogens is 2. The highest BCUT2D eigenvalue weighted by molar-refractivity contribution is 6.00. The first-order chi connectivity index (χ1) is 16.6. The Morgan fingerprint density at radius 1 is 1.12 bits per heavy atom. The van der Waals surface area contributed by atoms with Gasteiger partial charge in [-0.15, -0.1) is 0 Å². The molecule has 3 heterocycles. The minimum atomic E-state index is -0.635. The third kappa shape index (κ3) is 4.02. The van der Waals surface area contributed by atoms with Gasteiger partial charge in [0.2, 0.25) is 5.89 Å². The smallest absolute Gasteiger partial charge is 0.229 e. The van der Waals surface area contributed by atoms with Crippen LogP contribution in [0.1, 0.15) is 54.2 Å². The number of piperidine rings is 1. The summed E-state index contributed by atoms with van der Waals surface area (Å²) in [5.74, 6) is 0.970. The lowest BCUT2D eigenvalue weighted by Gasteiger charge is -2.32. The molecule has 0 atom stereocenters. The molecular formula is C25H23F2N5O2. The van der Waals surface area contributed by atoms with Gasteiger partial charge in [-0.25, -0.2) is 18.7 Å². The number of carbonyl (C=O) groups excluding carboxylic acids is 1. The van der Waals surface area contributed by atoms with Gasteiger partial charge < -0.3 is 9.42 Å². The largest absolute Gasteiger partial charge is 0.356 e. The highest BCUT2D eigenvalue weighted by atomic mass is 19.1. The summed E-state index contributed by atoms with van der Waals surface area (Å²) in [6.45, 7) is 3.37. The number of aromatic nitrogens is 4. The van der Waals surface area contributed by atoms with Crippen molar-refractivity contribution in [3.8, 4) is 11.1 Å². The molecule has 0 amide bonds. The molecule has 1 fully saturated rings. The summed E-state index contributed by atoms with van der Waals surface area (Å²) < 4.78 is 34.8. The van der Waals surface area contributed by atoms with Crippen LogP contribution in [-0.2, 0) is 6.42 Å². The molecule has 2 aromatic carbocycles. The molecule has 34 heavy (non-hydrogen) atoms. The first-order valence-corrected chi connectivity index (χ1v) is 11.3. The standard InChI is InChI=1S/C25H23F2N5O2/c1-2-3-21-30-25(34-31-21)15-8-10-32(11-9-15)24-22-19(26)7-6-18(23(22)28-14-29-24)16-4-5-17(13-33)20(27)12-16/h4-7,12-15H,2-3,8-11H2,1H3. The van der Waals surface area contributed by atoms with Crippen LogP contribution in [0.4, 0.5) is 14.6 Å². The topological polar surface area (TPSA) is 85.0 Å². The van der Waals surface area contributed by atoms with E-state index in [1.807, 2.05) is 4.90 Å². The van der Waals surface area contributed by atoms with Gasteiger partial charge in [0.05, 0.1) is 16.5 Å². The highest BCUT2D eigenvalue weighted by Gasteiger charge is 2.28. The number of rotatable bonds is 6. The molecule has 1 saturated heterocycles. The normalized spacial score (nSPS) is 14.6. The van der Waals surface area contributed by atoms with E-state index in [1.165, 1.54) is 24.5 Å². The zero-order valence-electron chi connectivity index (χ0n) is 18.7. The minimum absolute atomic E-state index is 0.0311. The van der Waals surface area contributed by atoms with E-state index >= 15 is 4.39 Å². The fourth-order valence-electron chi connectivity index (χ4n) is 4.48. The van der Waals surface area contributed by atoms with Gasteiger partial charge in [-0.2, -0.15) is 4.98 Å². The number of benzene rings is 2. The summed E-state index contributed by atoms with van der Waals surface area (Å²) in [6.07, 6.45) is 5.17. The first-order valence-electron chi connectivity index (χ1n) is 11.3. The van der Waals surface area contributed by atoms with Gasteiger partial charge in [0.1, 0.15) is 23.8 Å². The molecule has 0 N–H and O–H groups in total. The predicted octanol–water partition coefficient (Wildman–Crippen LogP) is 5.11. The van der Waals surface area contributed by atoms with Crippen LogP contribution in [0.25, 0.3) is 22.0 Å². The van der Waals surface area contributed by atoms with E-state index in [0.29, 0.717) is 53.1 Å². The minimum Gasteiger partial charge on any atom is -0.356 e. The average molecular weight is 463 g/mol. The van der Waals surface area contributed by atoms with Crippen LogP contribution in [0.3, 0.4) is 0 Å². The number of aryl methyl sites for hydroxylation is 1. The van der Waals surface area contributed by atoms with E-state index in [0.717, 1.165) is 31.5 Å². The van der Waals surface area contributed by atoms with Crippen LogP contribution in [0.2, 0.25) is 0 Å². The molecule has 9 heteroatoms. The SMILES string of the molecule is CCCc1noc(C2CCN(c3ncnc4c(-c5ccc(C=O)c(F)c5)ccc(F)c34)CC2)n1. The number of anilines is 1. The van der Waals surface area contributed by atoms with Crippen molar-refractivity contribution in [2.24, 2.45) is 0 Å². The average Bonchev–Trinajstić information content (AvgIpc) is 3.33. The van der Waals surface area contributed by atoms with Crippen molar-refractivity contribution in [1.82, 2.24) is 20.1 Å². The van der Waals surface area contributed by atoms with E-state index in [-0.39, 0.29) is 11.5 Å². The Bertz CT molecular complexity index is 1350. The molecule has 0 bridgehead atoms. The zero-order chi connectivity index (χ0) is 23.7. The van der Waals surface area contributed by atoms with Crippen LogP contribution in [0.5, 0.6) is 0 Å². The lowest BCUT2D eigenvalue weighted by atomic mass is 9.96. The van der Waals surface area contributed by atoms with Gasteiger partial charge in [-0.1, -0.05) is 18.1 Å². The monoisotopic (exact) mass is 463 g/mol. The Morgan fingerprint density at radius 2 is 1.94 bits per heavy atom. The van der Waals surface area contributed by atoms with Crippen LogP contribution in [-0.4, -0.2) is 39.5 Å². The van der Waals surface area contributed by atoms with Gasteiger partial charge in [0.25, 0.3) is 0 Å². The van der Waals surface area contributed by atoms with E-state index in [4.69, 9.17) is 4.52 Å². The molecule has 4 aromatic rings. The lowest BCUT2D eigenvalue weighted by Crippen LogP contribution is -2.34. The Labute approximate surface area is 194 Å². The number of fused-ring (bicyclic) bond motifs is 1. The van der Waals surface area contributed by atoms with E-state index in [2.05, 4.69) is 27.0 Å². The Balaban J connectivity index is 1.45. The van der Waals surface area contributed by atoms with Crippen molar-refractivity contribution in [1.29, 1.82) is 0 Å². The maximum atomic E-state index is 15.1. The third-order valence-electron chi connectivity index (χ3n) is 6.26. The predicted molar refractivity (Wildman–Crippen MR) is 123 cm³/mol. The van der Waals surface area contributed by atoms with Crippen LogP contribution >= 0.6 is 0 Å². The third-order valence-corrected chi connectivity index (χ3v) is 6.26. The summed E-state index contributed by atoms with van der Waals surface area (Å²) in [4.78, 5) is 26.2. The maximum Gasteiger partial charge on any atom is 0.229 e. The van der Waals surface area contributed by atoms with Crippen molar-refractivity contribution in [3.05, 3.63) is 65.6 Å². The van der Waals surface area contributed by atoms with Gasteiger partial charge in [0.15, 0.2) is 12.1 Å². The molecule has 0 radical (unpaired) electrons. The fraction of sp³-hybridized carbons (Fsp3) is 0.320. The summed E-state index contributed by atoms with van der Waals surface area (Å²) in [7, 11) is 0. The molecule has 174 valence electrons. The number of carbonyl (C=O) groups is 1. The number of hydrogen-bond donors (Lipinski definition) is 0. The molecule has 2 aromatic heterocycles. The first kappa shape index (κ1) is 22.1. The van der Waals surface area contributed by atoms with E-state index in [9.17, 15) is 9.18 Å². The second kappa shape index (κ2) is 9.24. The van der Waals surface area contributed by atoms with E-state index in [1.54, 1.807) is 12.1 Å². The zero-order valence-corrected chi connectivity index (χ0v) is 18.7. The van der Waals surface area contributed by atoms with Crippen molar-refractivity contribution < 1.29 is 18.1 Å². The van der Waals surface area contributed by atoms with Crippen LogP contribution < -0.4 is 4.90 Å². The molecule has 0 aliphatic carbocycles. The maximum absolute atomic E-state index is 15.1. The second-order valence-electron chi connectivity index (χ2n) is 8.43. The molecule has 0 spiro atoms. The summed E-state index contributed by atoms with van der Waals surface area (Å²) in [6, 6.07) is 7.21. The van der Waals surface area contributed by atoms with E-state index < -0.39 is 11.6 Å². The van der Waals surface area contributed by atoms with Gasteiger partial charge in [-0.05, 0) is 49.1 Å². The second-order valence-corrected chi connectivity index (χ2v) is 8.43.